The number of halogens is 3. The van der Waals surface area contributed by atoms with Crippen molar-refractivity contribution in [3.05, 3.63) is 29.2 Å². The molecule has 3 aromatic rings. The number of ether oxygens (including phenoxy) is 3. The Kier molecular flexibility index (Phi) is 7.17. The van der Waals surface area contributed by atoms with Crippen LogP contribution in [0.4, 0.5) is 24.1 Å². The molecule has 5 saturated heterocycles. The van der Waals surface area contributed by atoms with Gasteiger partial charge in [-0.1, -0.05) is 11.3 Å². The van der Waals surface area contributed by atoms with Crippen molar-refractivity contribution in [1.29, 1.82) is 0 Å². The van der Waals surface area contributed by atoms with Crippen molar-refractivity contribution in [3.8, 4) is 6.01 Å². The van der Waals surface area contributed by atoms with E-state index in [1.807, 2.05) is 0 Å². The van der Waals surface area contributed by atoms with Gasteiger partial charge in [0.05, 0.1) is 66.0 Å². The van der Waals surface area contributed by atoms with E-state index in [1.54, 1.807) is 0 Å². The number of fused-ring (bicyclic) bond motifs is 5. The fourth-order valence-electron chi connectivity index (χ4n) is 7.98. The average Bonchev–Trinajstić information content (AvgIpc) is 3.69. The largest absolute Gasteiger partial charge is 0.461 e. The molecule has 8 heterocycles. The van der Waals surface area contributed by atoms with Gasteiger partial charge in [-0.2, -0.15) is 9.97 Å². The van der Waals surface area contributed by atoms with Gasteiger partial charge in [-0.3, -0.25) is 9.21 Å². The molecule has 47 heavy (non-hydrogen) atoms. The zero-order valence-electron chi connectivity index (χ0n) is 25.3. The normalized spacial score (nSPS) is 31.0. The summed E-state index contributed by atoms with van der Waals surface area (Å²) in [6, 6.07) is 1.85. The van der Waals surface area contributed by atoms with Crippen LogP contribution in [0, 0.1) is 5.82 Å². The molecule has 5 fully saturated rings. The van der Waals surface area contributed by atoms with Crippen LogP contribution in [0.3, 0.4) is 0 Å². The molecule has 17 heteroatoms. The Morgan fingerprint density at radius 3 is 2.64 bits per heavy atom. The van der Waals surface area contributed by atoms with Crippen LogP contribution in [0.5, 0.6) is 6.01 Å². The van der Waals surface area contributed by atoms with E-state index < -0.39 is 40.4 Å². The number of nitrogens with zero attached hydrogens (tertiary/aromatic N) is 6. The number of hydrogen-bond acceptors (Lipinski definition) is 12. The molecular formula is C30H33F3N8O4S2. The topological polar surface area (TPSA) is 131 Å². The van der Waals surface area contributed by atoms with Crippen molar-refractivity contribution in [1.82, 2.24) is 29.5 Å². The van der Waals surface area contributed by atoms with Crippen LogP contribution < -0.4 is 20.7 Å². The van der Waals surface area contributed by atoms with Gasteiger partial charge in [0.25, 0.3) is 0 Å². The summed E-state index contributed by atoms with van der Waals surface area (Å²) in [7, 11) is -2.01. The summed E-state index contributed by atoms with van der Waals surface area (Å²) in [5.74, 6) is -0.980. The third-order valence-corrected chi connectivity index (χ3v) is 12.6. The first-order valence-corrected chi connectivity index (χ1v) is 17.8. The van der Waals surface area contributed by atoms with Crippen molar-refractivity contribution in [3.63, 3.8) is 0 Å². The van der Waals surface area contributed by atoms with E-state index in [0.717, 1.165) is 30.7 Å². The van der Waals surface area contributed by atoms with Gasteiger partial charge in [0.1, 0.15) is 29.2 Å². The Bertz CT molecular complexity index is 1800. The quantitative estimate of drug-likeness (QED) is 0.396. The van der Waals surface area contributed by atoms with Gasteiger partial charge in [-0.05, 0) is 31.5 Å². The van der Waals surface area contributed by atoms with Crippen LogP contribution in [-0.4, -0.2) is 117 Å². The predicted octanol–water partition coefficient (Wildman–Crippen LogP) is 2.47. The lowest BCUT2D eigenvalue weighted by molar-refractivity contribution is -0.0220. The predicted molar refractivity (Wildman–Crippen MR) is 169 cm³/mol. The minimum Gasteiger partial charge on any atom is -0.461 e. The van der Waals surface area contributed by atoms with Crippen LogP contribution in [0.1, 0.15) is 30.5 Å². The lowest BCUT2D eigenvalue weighted by Crippen LogP contribution is -2.64. The Labute approximate surface area is 274 Å². The Hall–Kier alpha value is -3.09. The van der Waals surface area contributed by atoms with E-state index in [-0.39, 0.29) is 75.1 Å². The highest BCUT2D eigenvalue weighted by Crippen LogP contribution is 2.48. The first kappa shape index (κ1) is 30.0. The molecule has 2 bridgehead atoms. The van der Waals surface area contributed by atoms with Crippen LogP contribution >= 0.6 is 11.3 Å². The van der Waals surface area contributed by atoms with Gasteiger partial charge >= 0.3 is 6.01 Å². The molecule has 1 aromatic carbocycles. The van der Waals surface area contributed by atoms with Crippen molar-refractivity contribution in [2.45, 2.75) is 54.0 Å². The number of anilines is 2. The minimum absolute atomic E-state index is 0.0319. The summed E-state index contributed by atoms with van der Waals surface area (Å²) >= 11 is 0.959. The van der Waals surface area contributed by atoms with Gasteiger partial charge in [-0.15, -0.1) is 0 Å². The maximum Gasteiger partial charge on any atom is 0.319 e. The average molecular weight is 691 g/mol. The number of piperazine rings is 1. The summed E-state index contributed by atoms with van der Waals surface area (Å²) in [4.78, 5) is 18.1. The molecule has 0 saturated carbocycles. The number of rotatable bonds is 6. The lowest BCUT2D eigenvalue weighted by Gasteiger charge is -2.48. The molecule has 0 spiro atoms. The van der Waals surface area contributed by atoms with Crippen molar-refractivity contribution in [2.24, 2.45) is 0 Å². The summed E-state index contributed by atoms with van der Waals surface area (Å²) in [6.07, 6.45) is 1.12. The fourth-order valence-corrected chi connectivity index (χ4v) is 10.3. The standard InChI is InChI=1S/C30H33F3N8O4S2/c31-15-6-30(4-1-5-39(30)9-15)14-45-29-37-23-21(33)24(19-2-3-20(32)25-22(19)36-28(34)46-25)41(18-12-44-13-18)47(42)26(23)27(38-29)40-16-7-35-8-17(40)11-43-10-16/h2-3,15-18,35H,1,4-14H2,(H2,34,36)/t15-,16?,17?,30+,47?/m1/s1. The zero-order chi connectivity index (χ0) is 32.0. The molecule has 6 aliphatic rings. The molecule has 2 aromatic heterocycles. The van der Waals surface area contributed by atoms with Crippen LogP contribution in [-0.2, 0) is 20.5 Å². The number of benzene rings is 1. The van der Waals surface area contributed by atoms with Gasteiger partial charge in [0.15, 0.2) is 27.8 Å². The first-order chi connectivity index (χ1) is 22.8. The van der Waals surface area contributed by atoms with Crippen LogP contribution in [0.2, 0.25) is 0 Å². The molecule has 12 nitrogen and oxygen atoms in total. The monoisotopic (exact) mass is 690 g/mol. The summed E-state index contributed by atoms with van der Waals surface area (Å²) in [5, 5.41) is 3.54. The summed E-state index contributed by atoms with van der Waals surface area (Å²) < 4.78 is 80.9. The minimum atomic E-state index is -2.01. The van der Waals surface area contributed by atoms with E-state index in [1.165, 1.54) is 16.4 Å². The number of aromatic nitrogens is 3. The van der Waals surface area contributed by atoms with E-state index >= 15 is 4.39 Å². The van der Waals surface area contributed by atoms with Gasteiger partial charge < -0.3 is 30.2 Å². The first-order valence-electron chi connectivity index (χ1n) is 15.9. The summed E-state index contributed by atoms with van der Waals surface area (Å²) in [5.41, 5.74) is 5.72. The van der Waals surface area contributed by atoms with E-state index in [0.29, 0.717) is 45.1 Å². The molecule has 250 valence electrons. The Balaban J connectivity index is 1.23. The van der Waals surface area contributed by atoms with Crippen molar-refractivity contribution < 1.29 is 31.6 Å². The third-order valence-electron chi connectivity index (χ3n) is 10.2. The number of alkyl halides is 1. The molecule has 0 aliphatic carbocycles. The third kappa shape index (κ3) is 4.68. The van der Waals surface area contributed by atoms with Crippen molar-refractivity contribution >= 4 is 55.0 Å². The second-order valence-corrected chi connectivity index (χ2v) is 15.4. The molecule has 6 aliphatic heterocycles. The highest BCUT2D eigenvalue weighted by atomic mass is 32.2. The zero-order valence-corrected chi connectivity index (χ0v) is 26.9. The van der Waals surface area contributed by atoms with E-state index in [4.69, 9.17) is 24.9 Å². The summed E-state index contributed by atoms with van der Waals surface area (Å²) in [6.45, 7) is 3.74. The molecule has 0 amide bonds. The number of hydrogen-bond donors (Lipinski definition) is 2. The molecule has 5 atom stereocenters. The highest BCUT2D eigenvalue weighted by Gasteiger charge is 2.50. The van der Waals surface area contributed by atoms with Gasteiger partial charge in [-0.25, -0.2) is 22.4 Å². The van der Waals surface area contributed by atoms with E-state index in [2.05, 4.69) is 25.1 Å². The molecule has 3 unspecified atom stereocenters. The lowest BCUT2D eigenvalue weighted by atomic mass is 9.95. The van der Waals surface area contributed by atoms with E-state index in [9.17, 15) is 13.0 Å². The van der Waals surface area contributed by atoms with Crippen molar-refractivity contribution in [2.75, 3.05) is 69.8 Å². The molecule has 9 rings (SSSR count). The number of morpholine rings is 1. The Morgan fingerprint density at radius 2 is 1.87 bits per heavy atom. The SMILES string of the molecule is Nc1nc2c(C3=C(F)c4nc(OC[C@@]56CCCN5C[C@H](F)C6)nc(N5C6CNCC5COC6)c4S(=O)N3C3COC3)ccc(F)c2s1. The van der Waals surface area contributed by atoms with Gasteiger partial charge in [0.2, 0.25) is 0 Å². The Morgan fingerprint density at radius 1 is 1.11 bits per heavy atom. The van der Waals surface area contributed by atoms with Gasteiger partial charge in [0, 0.05) is 31.6 Å². The number of nitrogens with two attached hydrogens (primary N) is 1. The number of nitrogens with one attached hydrogen (secondary N) is 1. The fraction of sp³-hybridized carbons (Fsp3) is 0.567. The second-order valence-electron chi connectivity index (χ2n) is 13.0. The maximum atomic E-state index is 17.4. The highest BCUT2D eigenvalue weighted by molar-refractivity contribution is 7.83. The maximum absolute atomic E-state index is 17.4. The molecular weight excluding hydrogens is 658 g/mol. The number of nitrogen functional groups attached to an aromatic ring is 1. The van der Waals surface area contributed by atoms with Crippen LogP contribution in [0.25, 0.3) is 21.7 Å². The molecule has 0 radical (unpaired) electrons. The number of thiazole rings is 1. The van der Waals surface area contributed by atoms with Crippen LogP contribution in [0.15, 0.2) is 17.0 Å². The molecule has 3 N–H and O–H groups in total. The second kappa shape index (κ2) is 11.2. The smallest absolute Gasteiger partial charge is 0.319 e.